The zero-order valence-corrected chi connectivity index (χ0v) is 8.97. The molecule has 1 fully saturated rings. The molecular weight excluding hydrogens is 144 g/mol. The molecule has 1 aliphatic rings. The van der Waals surface area contributed by atoms with E-state index in [1.165, 1.54) is 38.5 Å². The zero-order valence-electron chi connectivity index (χ0n) is 8.97. The Labute approximate surface area is 77.7 Å². The summed E-state index contributed by atoms with van der Waals surface area (Å²) in [6.07, 6.45) is 8.72. The van der Waals surface area contributed by atoms with Crippen molar-refractivity contribution < 1.29 is 0 Å². The van der Waals surface area contributed by atoms with Crippen LogP contribution in [0.5, 0.6) is 0 Å². The predicted molar refractivity (Wildman–Crippen MR) is 55.2 cm³/mol. The second-order valence-corrected chi connectivity index (χ2v) is 4.38. The Morgan fingerprint density at radius 3 is 2.25 bits per heavy atom. The molecule has 0 heteroatoms. The third-order valence-electron chi connectivity index (χ3n) is 3.74. The number of rotatable bonds is 5. The molecule has 0 radical (unpaired) electrons. The molecule has 1 saturated carbocycles. The maximum Gasteiger partial charge on any atom is -0.0360 e. The fourth-order valence-electron chi connectivity index (χ4n) is 2.86. The van der Waals surface area contributed by atoms with Crippen LogP contribution in [0.15, 0.2) is 0 Å². The Bertz CT molecular complexity index is 115. The molecule has 0 bridgehead atoms. The molecule has 0 aromatic rings. The van der Waals surface area contributed by atoms with Gasteiger partial charge in [-0.15, -0.1) is 0 Å². The van der Waals surface area contributed by atoms with E-state index >= 15 is 0 Å². The van der Waals surface area contributed by atoms with Crippen molar-refractivity contribution in [2.24, 2.45) is 17.8 Å². The molecule has 0 aliphatic heterocycles. The van der Waals surface area contributed by atoms with Crippen LogP contribution in [-0.2, 0) is 0 Å². The van der Waals surface area contributed by atoms with Gasteiger partial charge >= 0.3 is 0 Å². The van der Waals surface area contributed by atoms with Crippen molar-refractivity contribution in [1.29, 1.82) is 0 Å². The molecule has 0 aromatic carbocycles. The van der Waals surface area contributed by atoms with E-state index in [-0.39, 0.29) is 0 Å². The molecule has 3 unspecified atom stereocenters. The molecule has 0 aromatic heterocycles. The van der Waals surface area contributed by atoms with E-state index in [2.05, 4.69) is 20.8 Å². The van der Waals surface area contributed by atoms with Crippen molar-refractivity contribution in [3.63, 3.8) is 0 Å². The van der Waals surface area contributed by atoms with Crippen molar-refractivity contribution in [2.45, 2.75) is 59.3 Å². The lowest BCUT2D eigenvalue weighted by Crippen LogP contribution is -2.35. The third kappa shape index (κ3) is 2.02. The molecule has 0 nitrogen and oxygen atoms in total. The molecule has 1 aliphatic carbocycles. The minimum atomic E-state index is 1.08. The van der Waals surface area contributed by atoms with E-state index in [1.54, 1.807) is 0 Å². The Hall–Kier alpha value is 0. The highest BCUT2D eigenvalue weighted by molar-refractivity contribution is 4.87. The van der Waals surface area contributed by atoms with Crippen LogP contribution in [0.3, 0.4) is 0 Å². The molecule has 1 rings (SSSR count). The molecule has 0 heterocycles. The lowest BCUT2D eigenvalue weighted by atomic mass is 9.61. The van der Waals surface area contributed by atoms with E-state index in [4.69, 9.17) is 0 Å². The lowest BCUT2D eigenvalue weighted by molar-refractivity contribution is 0.0556. The fourth-order valence-corrected chi connectivity index (χ4v) is 2.86. The Morgan fingerprint density at radius 1 is 1.00 bits per heavy atom. The van der Waals surface area contributed by atoms with Gasteiger partial charge in [-0.1, -0.05) is 52.9 Å². The van der Waals surface area contributed by atoms with Crippen molar-refractivity contribution in [3.05, 3.63) is 0 Å². The molecule has 0 saturated heterocycles. The van der Waals surface area contributed by atoms with Crippen LogP contribution >= 0.6 is 0 Å². The van der Waals surface area contributed by atoms with Crippen LogP contribution in [0, 0.1) is 17.8 Å². The van der Waals surface area contributed by atoms with Crippen molar-refractivity contribution >= 4 is 0 Å². The van der Waals surface area contributed by atoms with E-state index in [1.807, 2.05) is 0 Å². The molecule has 12 heavy (non-hydrogen) atoms. The Kier molecular flexibility index (Phi) is 4.11. The summed E-state index contributed by atoms with van der Waals surface area (Å²) in [5.74, 6) is 3.26. The summed E-state index contributed by atoms with van der Waals surface area (Å²) in [7, 11) is 0. The fraction of sp³-hybridized carbons (Fsp3) is 1.00. The lowest BCUT2D eigenvalue weighted by Gasteiger charge is -2.44. The van der Waals surface area contributed by atoms with Gasteiger partial charge in [-0.2, -0.15) is 0 Å². The predicted octanol–water partition coefficient (Wildman–Crippen LogP) is 4.25. The van der Waals surface area contributed by atoms with Gasteiger partial charge < -0.3 is 0 Å². The minimum Gasteiger partial charge on any atom is -0.0654 e. The van der Waals surface area contributed by atoms with Crippen LogP contribution in [0.1, 0.15) is 59.3 Å². The highest BCUT2D eigenvalue weighted by atomic mass is 14.4. The summed E-state index contributed by atoms with van der Waals surface area (Å²) >= 11 is 0. The maximum absolute atomic E-state index is 2.37. The maximum atomic E-state index is 2.37. The number of hydrogen-bond donors (Lipinski definition) is 0. The second kappa shape index (κ2) is 4.89. The highest BCUT2D eigenvalue weighted by Crippen LogP contribution is 2.46. The van der Waals surface area contributed by atoms with Crippen molar-refractivity contribution in [2.75, 3.05) is 0 Å². The summed E-state index contributed by atoms with van der Waals surface area (Å²) in [6.45, 7) is 7.02. The zero-order chi connectivity index (χ0) is 8.97. The quantitative estimate of drug-likeness (QED) is 0.575. The standard InChI is InChI=1S/C12H24/c1-4-7-8-11-9-10(5-2)12(11)6-3/h10-12H,4-9H2,1-3H3. The van der Waals surface area contributed by atoms with Crippen molar-refractivity contribution in [3.8, 4) is 0 Å². The molecule has 3 atom stereocenters. The van der Waals surface area contributed by atoms with Gasteiger partial charge in [-0.05, 0) is 24.2 Å². The first kappa shape index (κ1) is 10.1. The van der Waals surface area contributed by atoms with Gasteiger partial charge in [0.2, 0.25) is 0 Å². The first-order chi connectivity index (χ1) is 5.83. The second-order valence-electron chi connectivity index (χ2n) is 4.38. The minimum absolute atomic E-state index is 1.08. The molecule has 0 amide bonds. The van der Waals surface area contributed by atoms with E-state index < -0.39 is 0 Å². The summed E-state index contributed by atoms with van der Waals surface area (Å²) < 4.78 is 0. The largest absolute Gasteiger partial charge is 0.0654 e. The van der Waals surface area contributed by atoms with Gasteiger partial charge in [0.25, 0.3) is 0 Å². The summed E-state index contributed by atoms with van der Waals surface area (Å²) in [6, 6.07) is 0. The van der Waals surface area contributed by atoms with Gasteiger partial charge in [0, 0.05) is 0 Å². The third-order valence-corrected chi connectivity index (χ3v) is 3.74. The molecule has 0 spiro atoms. The summed E-state index contributed by atoms with van der Waals surface area (Å²) in [5, 5.41) is 0. The number of unbranched alkanes of at least 4 members (excludes halogenated alkanes) is 1. The van der Waals surface area contributed by atoms with Crippen LogP contribution < -0.4 is 0 Å². The van der Waals surface area contributed by atoms with E-state index in [9.17, 15) is 0 Å². The molecule has 0 N–H and O–H groups in total. The first-order valence-electron chi connectivity index (χ1n) is 5.83. The molecule has 72 valence electrons. The number of hydrogen-bond acceptors (Lipinski definition) is 0. The summed E-state index contributed by atoms with van der Waals surface area (Å²) in [4.78, 5) is 0. The van der Waals surface area contributed by atoms with E-state index in [0.717, 1.165) is 17.8 Å². The van der Waals surface area contributed by atoms with Crippen LogP contribution in [0.2, 0.25) is 0 Å². The van der Waals surface area contributed by atoms with Gasteiger partial charge in [0.15, 0.2) is 0 Å². The van der Waals surface area contributed by atoms with Crippen LogP contribution in [0.25, 0.3) is 0 Å². The Morgan fingerprint density at radius 2 is 1.75 bits per heavy atom. The topological polar surface area (TPSA) is 0 Å². The average molecular weight is 168 g/mol. The van der Waals surface area contributed by atoms with Gasteiger partial charge in [0.05, 0.1) is 0 Å². The van der Waals surface area contributed by atoms with Gasteiger partial charge in [0.1, 0.15) is 0 Å². The highest BCUT2D eigenvalue weighted by Gasteiger charge is 2.37. The smallest absolute Gasteiger partial charge is 0.0360 e. The summed E-state index contributed by atoms with van der Waals surface area (Å²) in [5.41, 5.74) is 0. The molecular formula is C12H24. The Balaban J connectivity index is 2.21. The SMILES string of the molecule is CCCCC1CC(CC)C1CC. The van der Waals surface area contributed by atoms with Gasteiger partial charge in [-0.25, -0.2) is 0 Å². The van der Waals surface area contributed by atoms with Crippen molar-refractivity contribution in [1.82, 2.24) is 0 Å². The normalized spacial score (nSPS) is 34.8. The average Bonchev–Trinajstić information content (AvgIpc) is 2.04. The van der Waals surface area contributed by atoms with Crippen LogP contribution in [0.4, 0.5) is 0 Å². The monoisotopic (exact) mass is 168 g/mol. The van der Waals surface area contributed by atoms with Crippen LogP contribution in [-0.4, -0.2) is 0 Å². The van der Waals surface area contributed by atoms with E-state index in [0.29, 0.717) is 0 Å². The first-order valence-corrected chi connectivity index (χ1v) is 5.83. The van der Waals surface area contributed by atoms with Gasteiger partial charge in [-0.3, -0.25) is 0 Å².